The van der Waals surface area contributed by atoms with Crippen LogP contribution < -0.4 is 0 Å². The van der Waals surface area contributed by atoms with Gasteiger partial charge in [0.05, 0.1) is 11.7 Å². The molecule has 0 amide bonds. The summed E-state index contributed by atoms with van der Waals surface area (Å²) in [5.74, 6) is 0. The van der Waals surface area contributed by atoms with Crippen molar-refractivity contribution in [1.29, 1.82) is 0 Å². The molecule has 2 aromatic heterocycles. The minimum absolute atomic E-state index is 0.454. The summed E-state index contributed by atoms with van der Waals surface area (Å²) in [5, 5.41) is 8.94. The highest BCUT2D eigenvalue weighted by Gasteiger charge is 2.02. The van der Waals surface area contributed by atoms with Crippen molar-refractivity contribution in [2.45, 2.75) is 0 Å². The molecule has 4 heteroatoms. The topological polar surface area (TPSA) is 30.7 Å². The van der Waals surface area contributed by atoms with Gasteiger partial charge in [-0.25, -0.2) is 0 Å². The monoisotopic (exact) mass is 167 g/mol. The summed E-state index contributed by atoms with van der Waals surface area (Å²) < 4.78 is 1.92. The zero-order valence-corrected chi connectivity index (χ0v) is 6.71. The van der Waals surface area contributed by atoms with E-state index in [4.69, 9.17) is 11.6 Å². The molecule has 3 nitrogen and oxygen atoms in total. The van der Waals surface area contributed by atoms with Gasteiger partial charge in [0.15, 0.2) is 5.15 Å². The zero-order chi connectivity index (χ0) is 7.84. The summed E-state index contributed by atoms with van der Waals surface area (Å²) in [6, 6.07) is 1.95. The Morgan fingerprint density at radius 3 is 3.09 bits per heavy atom. The van der Waals surface area contributed by atoms with E-state index in [1.807, 2.05) is 23.9 Å². The van der Waals surface area contributed by atoms with Crippen LogP contribution in [0.5, 0.6) is 0 Å². The predicted octanol–water partition coefficient (Wildman–Crippen LogP) is 1.62. The summed E-state index contributed by atoms with van der Waals surface area (Å²) in [6.45, 7) is 0. The lowest BCUT2D eigenvalue weighted by atomic mass is 10.4. The van der Waals surface area contributed by atoms with Gasteiger partial charge in [-0.2, -0.15) is 5.10 Å². The largest absolute Gasteiger partial charge is 0.348 e. The second kappa shape index (κ2) is 2.20. The Labute approximate surface area is 68.6 Å². The predicted molar refractivity (Wildman–Crippen MR) is 43.5 cm³/mol. The van der Waals surface area contributed by atoms with E-state index in [9.17, 15) is 0 Å². The summed E-state index contributed by atoms with van der Waals surface area (Å²) in [7, 11) is 1.93. The van der Waals surface area contributed by atoms with E-state index in [0.717, 1.165) is 10.9 Å². The molecule has 2 heterocycles. The molecule has 0 N–H and O–H groups in total. The molecular weight excluding hydrogens is 162 g/mol. The Morgan fingerprint density at radius 1 is 1.55 bits per heavy atom. The van der Waals surface area contributed by atoms with Crippen LogP contribution in [-0.2, 0) is 7.05 Å². The van der Waals surface area contributed by atoms with Crippen LogP contribution in [0.25, 0.3) is 10.9 Å². The maximum atomic E-state index is 5.81. The Balaban J connectivity index is 2.96. The molecule has 2 aromatic rings. The van der Waals surface area contributed by atoms with Crippen LogP contribution in [0.3, 0.4) is 0 Å². The van der Waals surface area contributed by atoms with Gasteiger partial charge in [0.25, 0.3) is 0 Å². The third kappa shape index (κ3) is 0.886. The molecule has 0 fully saturated rings. The first kappa shape index (κ1) is 6.61. The first-order chi connectivity index (χ1) is 5.29. The fourth-order valence-electron chi connectivity index (χ4n) is 1.11. The van der Waals surface area contributed by atoms with Crippen molar-refractivity contribution in [2.75, 3.05) is 0 Å². The number of nitrogens with zero attached hydrogens (tertiary/aromatic N) is 3. The Bertz CT molecular complexity index is 393. The lowest BCUT2D eigenvalue weighted by Crippen LogP contribution is -1.88. The van der Waals surface area contributed by atoms with E-state index in [0.29, 0.717) is 5.15 Å². The van der Waals surface area contributed by atoms with E-state index in [1.54, 1.807) is 6.20 Å². The van der Waals surface area contributed by atoms with Crippen LogP contribution in [0.1, 0.15) is 0 Å². The first-order valence-corrected chi connectivity index (χ1v) is 3.59. The second-order valence-corrected chi connectivity index (χ2v) is 2.72. The second-order valence-electron chi connectivity index (χ2n) is 2.37. The first-order valence-electron chi connectivity index (χ1n) is 3.21. The van der Waals surface area contributed by atoms with E-state index in [1.165, 1.54) is 0 Å². The smallest absolute Gasteiger partial charge is 0.175 e. The molecule has 0 aliphatic rings. The normalized spacial score (nSPS) is 10.7. The van der Waals surface area contributed by atoms with Crippen molar-refractivity contribution < 1.29 is 0 Å². The number of hydrogen-bond donors (Lipinski definition) is 0. The van der Waals surface area contributed by atoms with Crippen molar-refractivity contribution in [1.82, 2.24) is 14.8 Å². The van der Waals surface area contributed by atoms with E-state index < -0.39 is 0 Å². The van der Waals surface area contributed by atoms with Gasteiger partial charge in [-0.3, -0.25) is 0 Å². The van der Waals surface area contributed by atoms with Crippen molar-refractivity contribution in [3.8, 4) is 0 Å². The SMILES string of the molecule is Cn1ccc2cnnc(Cl)c21. The third-order valence-electron chi connectivity index (χ3n) is 1.64. The maximum Gasteiger partial charge on any atom is 0.175 e. The average molecular weight is 168 g/mol. The lowest BCUT2D eigenvalue weighted by Gasteiger charge is -1.95. The molecule has 11 heavy (non-hydrogen) atoms. The Kier molecular flexibility index (Phi) is 1.32. The minimum atomic E-state index is 0.454. The highest BCUT2D eigenvalue weighted by molar-refractivity contribution is 6.33. The molecule has 0 aromatic carbocycles. The van der Waals surface area contributed by atoms with Crippen LogP contribution in [0.4, 0.5) is 0 Å². The molecular formula is C7H6ClN3. The summed E-state index contributed by atoms with van der Waals surface area (Å²) in [4.78, 5) is 0. The average Bonchev–Trinajstić information content (AvgIpc) is 2.34. The van der Waals surface area contributed by atoms with Gasteiger partial charge in [0.1, 0.15) is 0 Å². The number of hydrogen-bond acceptors (Lipinski definition) is 2. The van der Waals surface area contributed by atoms with Gasteiger partial charge in [-0.1, -0.05) is 11.6 Å². The zero-order valence-electron chi connectivity index (χ0n) is 5.95. The molecule has 0 saturated heterocycles. The Hall–Kier alpha value is -1.09. The quantitative estimate of drug-likeness (QED) is 0.597. The van der Waals surface area contributed by atoms with Gasteiger partial charge >= 0.3 is 0 Å². The molecule has 0 saturated carbocycles. The number of aromatic nitrogens is 3. The van der Waals surface area contributed by atoms with Crippen LogP contribution in [0, 0.1) is 0 Å². The van der Waals surface area contributed by atoms with Gasteiger partial charge in [0, 0.05) is 18.6 Å². The van der Waals surface area contributed by atoms with Crippen LogP contribution in [-0.4, -0.2) is 14.8 Å². The van der Waals surface area contributed by atoms with Gasteiger partial charge in [0.2, 0.25) is 0 Å². The minimum Gasteiger partial charge on any atom is -0.348 e. The Morgan fingerprint density at radius 2 is 2.36 bits per heavy atom. The highest BCUT2D eigenvalue weighted by Crippen LogP contribution is 2.19. The maximum absolute atomic E-state index is 5.81. The van der Waals surface area contributed by atoms with E-state index in [-0.39, 0.29) is 0 Å². The van der Waals surface area contributed by atoms with Crippen LogP contribution >= 0.6 is 11.6 Å². The number of fused-ring (bicyclic) bond motifs is 1. The van der Waals surface area contributed by atoms with Crippen LogP contribution in [0.2, 0.25) is 5.15 Å². The lowest BCUT2D eigenvalue weighted by molar-refractivity contribution is 0.953. The van der Waals surface area contributed by atoms with Gasteiger partial charge in [-0.15, -0.1) is 5.10 Å². The van der Waals surface area contributed by atoms with E-state index >= 15 is 0 Å². The molecule has 0 aliphatic carbocycles. The van der Waals surface area contributed by atoms with Crippen molar-refractivity contribution in [2.24, 2.45) is 7.05 Å². The molecule has 0 bridgehead atoms. The molecule has 0 aliphatic heterocycles. The molecule has 0 radical (unpaired) electrons. The summed E-state index contributed by atoms with van der Waals surface area (Å²) in [5.41, 5.74) is 0.932. The number of aryl methyl sites for hydroxylation is 1. The fourth-order valence-corrected chi connectivity index (χ4v) is 1.39. The van der Waals surface area contributed by atoms with Gasteiger partial charge < -0.3 is 4.57 Å². The van der Waals surface area contributed by atoms with E-state index in [2.05, 4.69) is 10.2 Å². The molecule has 0 unspecified atom stereocenters. The highest BCUT2D eigenvalue weighted by atomic mass is 35.5. The fraction of sp³-hybridized carbons (Fsp3) is 0.143. The van der Waals surface area contributed by atoms with Crippen LogP contribution in [0.15, 0.2) is 18.5 Å². The summed E-state index contributed by atoms with van der Waals surface area (Å²) >= 11 is 5.81. The van der Waals surface area contributed by atoms with Gasteiger partial charge in [-0.05, 0) is 6.07 Å². The van der Waals surface area contributed by atoms with Crippen molar-refractivity contribution in [3.05, 3.63) is 23.6 Å². The van der Waals surface area contributed by atoms with Crippen molar-refractivity contribution >= 4 is 22.5 Å². The molecule has 56 valence electrons. The van der Waals surface area contributed by atoms with Crippen molar-refractivity contribution in [3.63, 3.8) is 0 Å². The molecule has 2 rings (SSSR count). The third-order valence-corrected chi connectivity index (χ3v) is 1.90. The standard InChI is InChI=1S/C7H6ClN3/c1-11-3-2-5-4-9-10-7(8)6(5)11/h2-4H,1H3. The summed E-state index contributed by atoms with van der Waals surface area (Å²) in [6.07, 6.45) is 3.63. The molecule has 0 spiro atoms. The number of rotatable bonds is 0. The molecule has 0 atom stereocenters. The number of halogens is 1.